The number of aldehydes is 1. The van der Waals surface area contributed by atoms with Gasteiger partial charge in [0.25, 0.3) is 5.56 Å². The van der Waals surface area contributed by atoms with Gasteiger partial charge >= 0.3 is 0 Å². The van der Waals surface area contributed by atoms with E-state index in [9.17, 15) is 4.79 Å². The number of nitrogens with two attached hydrogens (primary N) is 1. The molecule has 2 atom stereocenters. The van der Waals surface area contributed by atoms with Crippen molar-refractivity contribution in [2.45, 2.75) is 32.4 Å². The quantitative estimate of drug-likeness (QED) is 0.623. The third-order valence-electron chi connectivity index (χ3n) is 4.18. The summed E-state index contributed by atoms with van der Waals surface area (Å²) < 4.78 is 5.00. The molecular weight excluding hydrogens is 356 g/mol. The van der Waals surface area contributed by atoms with Crippen LogP contribution in [0.3, 0.4) is 0 Å². The highest BCUT2D eigenvalue weighted by atomic mass is 35.5. The van der Waals surface area contributed by atoms with E-state index in [4.69, 9.17) is 26.9 Å². The number of likely N-dealkylation sites (tertiary alicyclic amines) is 1. The molecule has 0 bridgehead atoms. The van der Waals surface area contributed by atoms with Crippen LogP contribution in [0.25, 0.3) is 10.8 Å². The number of rotatable bonds is 3. The van der Waals surface area contributed by atoms with Gasteiger partial charge in [-0.25, -0.2) is 4.98 Å². The number of carbonyl (C=O) groups is 1. The summed E-state index contributed by atoms with van der Waals surface area (Å²) in [5.74, 6) is 0. The highest BCUT2D eigenvalue weighted by Gasteiger charge is 2.17. The van der Waals surface area contributed by atoms with Crippen molar-refractivity contribution < 1.29 is 9.53 Å². The van der Waals surface area contributed by atoms with Crippen molar-refractivity contribution in [2.24, 2.45) is 5.73 Å². The van der Waals surface area contributed by atoms with Gasteiger partial charge in [-0.2, -0.15) is 0 Å². The maximum atomic E-state index is 11.6. The average molecular weight is 383 g/mol. The highest BCUT2D eigenvalue weighted by Crippen LogP contribution is 2.21. The number of hydrogen-bond donors (Lipinski definition) is 2. The Balaban J connectivity index is 0.000000310. The lowest BCUT2D eigenvalue weighted by Crippen LogP contribution is -2.41. The minimum absolute atomic E-state index is 0.211. The molecule has 8 heteroatoms. The van der Waals surface area contributed by atoms with Gasteiger partial charge in [0.2, 0.25) is 0 Å². The predicted molar refractivity (Wildman–Crippen MR) is 105 cm³/mol. The molecule has 3 heterocycles. The molecule has 1 aliphatic heterocycles. The van der Waals surface area contributed by atoms with Crippen LogP contribution < -0.4 is 11.3 Å². The van der Waals surface area contributed by atoms with Gasteiger partial charge in [-0.15, -0.1) is 0 Å². The summed E-state index contributed by atoms with van der Waals surface area (Å²) in [5.41, 5.74) is 6.53. The lowest BCUT2D eigenvalue weighted by molar-refractivity contribution is -0.106. The van der Waals surface area contributed by atoms with Crippen LogP contribution in [0.15, 0.2) is 23.3 Å². The first-order valence-corrected chi connectivity index (χ1v) is 8.74. The van der Waals surface area contributed by atoms with Crippen molar-refractivity contribution in [1.29, 1.82) is 0 Å². The smallest absolute Gasteiger partial charge is 0.257 e. The number of hydrogen-bond acceptors (Lipinski definition) is 6. The summed E-state index contributed by atoms with van der Waals surface area (Å²) in [4.78, 5) is 29.3. The van der Waals surface area contributed by atoms with E-state index in [1.54, 1.807) is 19.4 Å². The molecule has 1 saturated heterocycles. The molecular formula is C18H27ClN4O3. The molecule has 3 N–H and O–H groups in total. The van der Waals surface area contributed by atoms with Crippen molar-refractivity contribution in [2.75, 3.05) is 27.3 Å². The van der Waals surface area contributed by atoms with Gasteiger partial charge in [-0.3, -0.25) is 4.79 Å². The lowest BCUT2D eigenvalue weighted by Gasteiger charge is -2.34. The Bertz CT molecular complexity index is 758. The fourth-order valence-electron chi connectivity index (χ4n) is 2.37. The Labute approximate surface area is 158 Å². The van der Waals surface area contributed by atoms with Crippen LogP contribution in [-0.2, 0) is 9.53 Å². The monoisotopic (exact) mass is 382 g/mol. The summed E-state index contributed by atoms with van der Waals surface area (Å²) in [5, 5.41) is 1.51. The van der Waals surface area contributed by atoms with Crippen LogP contribution in [0.5, 0.6) is 0 Å². The zero-order chi connectivity index (χ0) is 19.7. The fourth-order valence-corrected chi connectivity index (χ4v) is 2.53. The third-order valence-corrected chi connectivity index (χ3v) is 4.39. The van der Waals surface area contributed by atoms with E-state index in [-0.39, 0.29) is 11.6 Å². The van der Waals surface area contributed by atoms with Gasteiger partial charge in [0, 0.05) is 25.5 Å². The second-order valence-electron chi connectivity index (χ2n) is 6.04. The normalized spacial score (nSPS) is 17.2. The number of fused-ring (bicyclic) bond motifs is 1. The number of pyridine rings is 2. The van der Waals surface area contributed by atoms with Gasteiger partial charge in [0.05, 0.1) is 18.0 Å². The predicted octanol–water partition coefficient (Wildman–Crippen LogP) is 2.14. The number of nitrogens with one attached hydrogen (secondary N) is 1. The van der Waals surface area contributed by atoms with E-state index in [2.05, 4.69) is 28.8 Å². The van der Waals surface area contributed by atoms with Gasteiger partial charge in [-0.1, -0.05) is 11.6 Å². The van der Waals surface area contributed by atoms with Crippen molar-refractivity contribution in [1.82, 2.24) is 14.9 Å². The molecule has 0 amide bonds. The van der Waals surface area contributed by atoms with Crippen LogP contribution in [0.1, 0.15) is 31.9 Å². The second kappa shape index (κ2) is 11.0. The standard InChI is InChI=1S/C11H12ClN3O2.C5H11N.C2H4O/c1-17-5-9(13)7-3-15-11(16)8-4-14-10(12)2-6(7)8;1-5-3-4-6(5)2;1-2-3/h2-4,9H,5,13H2,1H3,(H,15,16);5H,3-4H2,1-2H3;2H,1H3. The summed E-state index contributed by atoms with van der Waals surface area (Å²) in [7, 11) is 3.73. The zero-order valence-corrected chi connectivity index (χ0v) is 16.4. The molecule has 26 heavy (non-hydrogen) atoms. The maximum Gasteiger partial charge on any atom is 0.257 e. The topological polar surface area (TPSA) is 101 Å². The minimum atomic E-state index is -0.321. The number of aromatic nitrogens is 2. The molecule has 0 spiro atoms. The minimum Gasteiger partial charge on any atom is -0.383 e. The number of methoxy groups -OCH3 is 1. The molecule has 1 aliphatic rings. The maximum absolute atomic E-state index is 11.6. The first-order chi connectivity index (χ1) is 12.3. The van der Waals surface area contributed by atoms with E-state index in [0.29, 0.717) is 22.5 Å². The van der Waals surface area contributed by atoms with Gasteiger partial charge in [0.15, 0.2) is 0 Å². The molecule has 144 valence electrons. The summed E-state index contributed by atoms with van der Waals surface area (Å²) in [6.45, 7) is 5.37. The van der Waals surface area contributed by atoms with E-state index >= 15 is 0 Å². The molecule has 0 saturated carbocycles. The van der Waals surface area contributed by atoms with Gasteiger partial charge < -0.3 is 25.1 Å². The number of H-pyrrole nitrogens is 1. The van der Waals surface area contributed by atoms with Crippen molar-refractivity contribution in [3.8, 4) is 0 Å². The molecule has 1 fully saturated rings. The molecule has 0 aromatic carbocycles. The van der Waals surface area contributed by atoms with Gasteiger partial charge in [-0.05, 0) is 50.9 Å². The molecule has 0 aliphatic carbocycles. The van der Waals surface area contributed by atoms with E-state index < -0.39 is 0 Å². The van der Waals surface area contributed by atoms with Crippen LogP contribution >= 0.6 is 11.6 Å². The molecule has 7 nitrogen and oxygen atoms in total. The number of carbonyl (C=O) groups excluding carboxylic acids is 1. The largest absolute Gasteiger partial charge is 0.383 e. The van der Waals surface area contributed by atoms with Crippen LogP contribution in [-0.4, -0.2) is 54.5 Å². The van der Waals surface area contributed by atoms with Crippen molar-refractivity contribution >= 4 is 28.7 Å². The Morgan fingerprint density at radius 2 is 2.15 bits per heavy atom. The summed E-state index contributed by atoms with van der Waals surface area (Å²) in [6.07, 6.45) is 5.18. The Kier molecular flexibility index (Phi) is 9.43. The SMILES string of the molecule is CC1CCN1C.CC=O.COCC(N)c1c[nH]c(=O)c2cnc(Cl)cc12. The molecule has 3 rings (SSSR count). The van der Waals surface area contributed by atoms with E-state index in [0.717, 1.165) is 17.9 Å². The number of aromatic amines is 1. The van der Waals surface area contributed by atoms with E-state index in [1.807, 2.05) is 0 Å². The van der Waals surface area contributed by atoms with Gasteiger partial charge in [0.1, 0.15) is 11.4 Å². The first kappa shape index (κ1) is 22.2. The summed E-state index contributed by atoms with van der Waals surface area (Å²) >= 11 is 5.83. The Morgan fingerprint density at radius 3 is 2.62 bits per heavy atom. The zero-order valence-electron chi connectivity index (χ0n) is 15.7. The average Bonchev–Trinajstić information content (AvgIpc) is 2.61. The fraction of sp³-hybridized carbons (Fsp3) is 0.500. The third kappa shape index (κ3) is 6.17. The summed E-state index contributed by atoms with van der Waals surface area (Å²) in [6, 6.07) is 2.18. The first-order valence-electron chi connectivity index (χ1n) is 8.37. The number of nitrogens with zero attached hydrogens (tertiary/aromatic N) is 2. The highest BCUT2D eigenvalue weighted by molar-refractivity contribution is 6.30. The molecule has 0 radical (unpaired) electrons. The number of ether oxygens (including phenoxy) is 1. The Hall–Kier alpha value is -1.80. The van der Waals surface area contributed by atoms with E-state index in [1.165, 1.54) is 26.1 Å². The van der Waals surface area contributed by atoms with Crippen LogP contribution in [0, 0.1) is 0 Å². The van der Waals surface area contributed by atoms with Crippen molar-refractivity contribution in [3.05, 3.63) is 39.5 Å². The Morgan fingerprint density at radius 1 is 1.54 bits per heavy atom. The molecule has 2 aromatic rings. The van der Waals surface area contributed by atoms with Crippen molar-refractivity contribution in [3.63, 3.8) is 0 Å². The molecule has 2 unspecified atom stereocenters. The second-order valence-corrected chi connectivity index (χ2v) is 6.43. The number of halogens is 1. The van der Waals surface area contributed by atoms with Crippen LogP contribution in [0.4, 0.5) is 0 Å². The van der Waals surface area contributed by atoms with Crippen LogP contribution in [0.2, 0.25) is 5.15 Å². The lowest BCUT2D eigenvalue weighted by atomic mass is 10.0. The molecule has 2 aromatic heterocycles.